The lowest BCUT2D eigenvalue weighted by Crippen LogP contribution is -2.15. The number of carboxylic acids is 1. The van der Waals surface area contributed by atoms with Gasteiger partial charge in [0.1, 0.15) is 6.04 Å². The predicted molar refractivity (Wildman–Crippen MR) is 40.8 cm³/mol. The van der Waals surface area contributed by atoms with Crippen LogP contribution in [0, 0.1) is 5.92 Å². The summed E-state index contributed by atoms with van der Waals surface area (Å²) in [5, 5.41) is 8.66. The number of aliphatic carboxylic acids is 1. The molecule has 0 radical (unpaired) electrons. The second-order valence-corrected chi connectivity index (χ2v) is 3.30. The zero-order valence-electron chi connectivity index (χ0n) is 6.29. The van der Waals surface area contributed by atoms with E-state index in [2.05, 4.69) is 4.99 Å². The van der Waals surface area contributed by atoms with Crippen molar-refractivity contribution in [2.24, 2.45) is 10.9 Å². The minimum Gasteiger partial charge on any atom is -0.480 e. The van der Waals surface area contributed by atoms with Crippen molar-refractivity contribution in [3.05, 3.63) is 0 Å². The van der Waals surface area contributed by atoms with E-state index in [4.69, 9.17) is 5.11 Å². The van der Waals surface area contributed by atoms with Crippen LogP contribution in [-0.4, -0.2) is 22.8 Å². The van der Waals surface area contributed by atoms with Gasteiger partial charge in [0, 0.05) is 5.71 Å². The molecule has 1 aliphatic heterocycles. The SMILES string of the molecule is O=C(O)[C@H]1C[C@H]2CCCC2=N1. The minimum atomic E-state index is -0.757. The van der Waals surface area contributed by atoms with Gasteiger partial charge in [0.15, 0.2) is 0 Å². The Kier molecular flexibility index (Phi) is 1.44. The summed E-state index contributed by atoms with van der Waals surface area (Å²) >= 11 is 0. The summed E-state index contributed by atoms with van der Waals surface area (Å²) in [6.45, 7) is 0. The first-order valence-electron chi connectivity index (χ1n) is 4.07. The normalized spacial score (nSPS) is 35.1. The lowest BCUT2D eigenvalue weighted by molar-refractivity contribution is -0.138. The van der Waals surface area contributed by atoms with Crippen molar-refractivity contribution in [2.75, 3.05) is 0 Å². The van der Waals surface area contributed by atoms with Crippen LogP contribution in [0.3, 0.4) is 0 Å². The Labute approximate surface area is 65.1 Å². The smallest absolute Gasteiger partial charge is 0.328 e. The van der Waals surface area contributed by atoms with Crippen molar-refractivity contribution >= 4 is 11.7 Å². The first-order valence-corrected chi connectivity index (χ1v) is 4.07. The molecule has 1 N–H and O–H groups in total. The van der Waals surface area contributed by atoms with Crippen molar-refractivity contribution in [1.82, 2.24) is 0 Å². The fraction of sp³-hybridized carbons (Fsp3) is 0.750. The number of hydrogen-bond donors (Lipinski definition) is 1. The van der Waals surface area contributed by atoms with Gasteiger partial charge in [-0.3, -0.25) is 4.99 Å². The molecule has 3 heteroatoms. The van der Waals surface area contributed by atoms with Gasteiger partial charge in [-0.25, -0.2) is 4.79 Å². The molecule has 2 aliphatic rings. The van der Waals surface area contributed by atoms with Gasteiger partial charge in [0.05, 0.1) is 0 Å². The van der Waals surface area contributed by atoms with Gasteiger partial charge in [-0.2, -0.15) is 0 Å². The topological polar surface area (TPSA) is 49.7 Å². The van der Waals surface area contributed by atoms with E-state index in [1.807, 2.05) is 0 Å². The summed E-state index contributed by atoms with van der Waals surface area (Å²) in [5.41, 5.74) is 1.16. The zero-order chi connectivity index (χ0) is 7.84. The number of carbonyl (C=O) groups is 1. The van der Waals surface area contributed by atoms with Crippen LogP contribution in [0.2, 0.25) is 0 Å². The quantitative estimate of drug-likeness (QED) is 0.612. The Morgan fingerprint density at radius 2 is 2.45 bits per heavy atom. The molecule has 1 fully saturated rings. The highest BCUT2D eigenvalue weighted by atomic mass is 16.4. The molecule has 2 rings (SSSR count). The Hall–Kier alpha value is -0.860. The summed E-state index contributed by atoms with van der Waals surface area (Å²) in [6.07, 6.45) is 4.15. The van der Waals surface area contributed by atoms with Crippen LogP contribution >= 0.6 is 0 Å². The lowest BCUT2D eigenvalue weighted by atomic mass is 10.0. The maximum Gasteiger partial charge on any atom is 0.328 e. The third-order valence-electron chi connectivity index (χ3n) is 2.57. The molecule has 11 heavy (non-hydrogen) atoms. The van der Waals surface area contributed by atoms with Crippen LogP contribution in [0.25, 0.3) is 0 Å². The van der Waals surface area contributed by atoms with Crippen LogP contribution in [0.5, 0.6) is 0 Å². The molecule has 2 atom stereocenters. The first kappa shape index (κ1) is 6.83. The van der Waals surface area contributed by atoms with E-state index in [1.165, 1.54) is 6.42 Å². The molecule has 1 heterocycles. The van der Waals surface area contributed by atoms with E-state index in [0.717, 1.165) is 25.0 Å². The molecule has 0 saturated heterocycles. The molecule has 60 valence electrons. The molecular weight excluding hydrogens is 142 g/mol. The van der Waals surface area contributed by atoms with Crippen molar-refractivity contribution in [3.8, 4) is 0 Å². The molecule has 0 spiro atoms. The Morgan fingerprint density at radius 3 is 3.09 bits per heavy atom. The Morgan fingerprint density at radius 1 is 1.64 bits per heavy atom. The highest BCUT2D eigenvalue weighted by Gasteiger charge is 2.34. The molecule has 0 unspecified atom stereocenters. The largest absolute Gasteiger partial charge is 0.480 e. The maximum atomic E-state index is 10.5. The fourth-order valence-electron chi connectivity index (χ4n) is 2.00. The Balaban J connectivity index is 2.13. The number of aliphatic imine (C=N–C) groups is 1. The summed E-state index contributed by atoms with van der Waals surface area (Å²) in [7, 11) is 0. The number of carboxylic acid groups (broad SMARTS) is 1. The minimum absolute atomic E-state index is 0.421. The molecule has 1 aliphatic carbocycles. The number of hydrogen-bond acceptors (Lipinski definition) is 2. The molecule has 1 saturated carbocycles. The second kappa shape index (κ2) is 2.32. The first-order chi connectivity index (χ1) is 5.27. The zero-order valence-corrected chi connectivity index (χ0v) is 6.29. The van der Waals surface area contributed by atoms with Gasteiger partial charge >= 0.3 is 5.97 Å². The van der Waals surface area contributed by atoms with Gasteiger partial charge in [-0.15, -0.1) is 0 Å². The van der Waals surface area contributed by atoms with Gasteiger partial charge in [-0.05, 0) is 31.6 Å². The monoisotopic (exact) mass is 153 g/mol. The molecule has 0 aromatic rings. The van der Waals surface area contributed by atoms with Crippen LogP contribution in [0.4, 0.5) is 0 Å². The van der Waals surface area contributed by atoms with E-state index in [0.29, 0.717) is 5.92 Å². The van der Waals surface area contributed by atoms with Crippen LogP contribution < -0.4 is 0 Å². The average molecular weight is 153 g/mol. The van der Waals surface area contributed by atoms with Crippen LogP contribution in [0.1, 0.15) is 25.7 Å². The summed E-state index contributed by atoms with van der Waals surface area (Å²) in [6, 6.07) is -0.421. The van der Waals surface area contributed by atoms with Gasteiger partial charge in [0.2, 0.25) is 0 Å². The highest BCUT2D eigenvalue weighted by molar-refractivity contribution is 5.93. The Bertz CT molecular complexity index is 222. The molecule has 0 bridgehead atoms. The standard InChI is InChI=1S/C8H11NO2/c10-8(11)7-4-5-2-1-3-6(5)9-7/h5,7H,1-4H2,(H,10,11)/t5-,7-/m1/s1. The maximum absolute atomic E-state index is 10.5. The average Bonchev–Trinajstić information content (AvgIpc) is 2.40. The third kappa shape index (κ3) is 1.04. The number of nitrogens with zero attached hydrogens (tertiary/aromatic N) is 1. The molecule has 0 aromatic carbocycles. The molecule has 0 aromatic heterocycles. The predicted octanol–water partition coefficient (Wildman–Crippen LogP) is 1.08. The van der Waals surface area contributed by atoms with Crippen molar-refractivity contribution in [2.45, 2.75) is 31.7 Å². The van der Waals surface area contributed by atoms with E-state index in [9.17, 15) is 4.79 Å². The number of fused-ring (bicyclic) bond motifs is 1. The van der Waals surface area contributed by atoms with Gasteiger partial charge < -0.3 is 5.11 Å². The van der Waals surface area contributed by atoms with Gasteiger partial charge in [-0.1, -0.05) is 0 Å². The van der Waals surface area contributed by atoms with E-state index < -0.39 is 12.0 Å². The fourth-order valence-corrected chi connectivity index (χ4v) is 2.00. The van der Waals surface area contributed by atoms with E-state index in [1.54, 1.807) is 0 Å². The van der Waals surface area contributed by atoms with E-state index in [-0.39, 0.29) is 0 Å². The highest BCUT2D eigenvalue weighted by Crippen LogP contribution is 2.33. The molecule has 3 nitrogen and oxygen atoms in total. The van der Waals surface area contributed by atoms with Crippen molar-refractivity contribution in [1.29, 1.82) is 0 Å². The van der Waals surface area contributed by atoms with Gasteiger partial charge in [0.25, 0.3) is 0 Å². The second-order valence-electron chi connectivity index (χ2n) is 3.30. The van der Waals surface area contributed by atoms with Crippen LogP contribution in [0.15, 0.2) is 4.99 Å². The molecule has 0 amide bonds. The summed E-state index contributed by atoms with van der Waals surface area (Å²) in [5.74, 6) is -0.247. The third-order valence-corrected chi connectivity index (χ3v) is 2.57. The summed E-state index contributed by atoms with van der Waals surface area (Å²) < 4.78 is 0. The van der Waals surface area contributed by atoms with Crippen molar-refractivity contribution < 1.29 is 9.90 Å². The summed E-state index contributed by atoms with van der Waals surface area (Å²) in [4.78, 5) is 14.7. The van der Waals surface area contributed by atoms with Crippen molar-refractivity contribution in [3.63, 3.8) is 0 Å². The number of rotatable bonds is 1. The molecular formula is C8H11NO2. The van der Waals surface area contributed by atoms with E-state index >= 15 is 0 Å². The van der Waals surface area contributed by atoms with Crippen LogP contribution in [-0.2, 0) is 4.79 Å². The lowest BCUT2D eigenvalue weighted by Gasteiger charge is -2.01.